The molecule has 18 atom stereocenters. The highest BCUT2D eigenvalue weighted by molar-refractivity contribution is 14.1. The molecule has 4 aliphatic rings. The number of ketones is 1. The van der Waals surface area contributed by atoms with Gasteiger partial charge in [0.2, 0.25) is 0 Å². The van der Waals surface area contributed by atoms with Crippen molar-refractivity contribution in [3.8, 4) is 0 Å². The van der Waals surface area contributed by atoms with E-state index in [-0.39, 0.29) is 31.3 Å². The van der Waals surface area contributed by atoms with Gasteiger partial charge < -0.3 is 62.9 Å². The molecule has 57 heavy (non-hydrogen) atoms. The van der Waals surface area contributed by atoms with Gasteiger partial charge in [-0.05, 0) is 82.3 Å². The molecule has 3 N–H and O–H groups in total. The summed E-state index contributed by atoms with van der Waals surface area (Å²) < 4.78 is 54.3. The van der Waals surface area contributed by atoms with Crippen LogP contribution in [0.3, 0.4) is 0 Å². The first-order valence-corrected chi connectivity index (χ1v) is 21.2. The van der Waals surface area contributed by atoms with Crippen LogP contribution >= 0.6 is 22.6 Å². The Kier molecular flexibility index (Phi) is 19.0. The van der Waals surface area contributed by atoms with Gasteiger partial charge in [-0.1, -0.05) is 37.6 Å². The number of aliphatic hydroxyl groups excluding tert-OH is 3. The Morgan fingerprint density at radius 2 is 1.60 bits per heavy atom. The molecule has 8 unspecified atom stereocenters. The Labute approximate surface area is 351 Å². The molecule has 3 saturated heterocycles. The molecule has 2 bridgehead atoms. The van der Waals surface area contributed by atoms with Crippen LogP contribution in [-0.2, 0) is 52.2 Å². The van der Waals surface area contributed by atoms with E-state index in [1.807, 2.05) is 26.8 Å². The van der Waals surface area contributed by atoms with Crippen LogP contribution in [0.2, 0.25) is 0 Å². The third kappa shape index (κ3) is 12.6. The van der Waals surface area contributed by atoms with Gasteiger partial charge in [-0.25, -0.2) is 0 Å². The molecule has 0 saturated carbocycles. The third-order valence-corrected chi connectivity index (χ3v) is 12.8. The summed E-state index contributed by atoms with van der Waals surface area (Å²) in [6.45, 7) is 13.7. The number of methoxy groups -OCH3 is 2. The number of hydrogen-bond donors (Lipinski definition) is 3. The Morgan fingerprint density at radius 3 is 2.25 bits per heavy atom. The molecule has 4 aliphatic heterocycles. The second-order valence-corrected chi connectivity index (χ2v) is 17.3. The summed E-state index contributed by atoms with van der Waals surface area (Å²) in [4.78, 5) is 29.5. The highest BCUT2D eigenvalue weighted by Gasteiger charge is 2.48. The number of fused-ring (bicyclic) bond motifs is 3. The van der Waals surface area contributed by atoms with E-state index in [9.17, 15) is 24.9 Å². The topological polar surface area (TPSA) is 181 Å². The number of cyclic esters (lactones) is 1. The first-order valence-electron chi connectivity index (χ1n) is 19.9. The number of ether oxygens (including phenoxy) is 9. The minimum Gasteiger partial charge on any atom is -0.451 e. The molecule has 0 aliphatic carbocycles. The number of halogens is 1. The molecule has 0 spiro atoms. The summed E-state index contributed by atoms with van der Waals surface area (Å²) in [6, 6.07) is -0.672. The zero-order valence-electron chi connectivity index (χ0n) is 34.8. The predicted octanol–water partition coefficient (Wildman–Crippen LogP) is 2.96. The Morgan fingerprint density at radius 1 is 0.930 bits per heavy atom. The van der Waals surface area contributed by atoms with Gasteiger partial charge in [0, 0.05) is 38.6 Å². The van der Waals surface area contributed by atoms with Gasteiger partial charge in [0.05, 0.1) is 62.3 Å². The average molecular weight is 924 g/mol. The maximum Gasteiger partial charge on any atom is 0.309 e. The number of likely N-dealkylation sites (N-methyl/N-ethyl adjacent to an activating group) is 1. The van der Waals surface area contributed by atoms with Gasteiger partial charge in [0.15, 0.2) is 22.5 Å². The second kappa shape index (κ2) is 22.5. The van der Waals surface area contributed by atoms with E-state index in [1.165, 1.54) is 14.2 Å². The number of aliphatic hydroxyl groups is 3. The van der Waals surface area contributed by atoms with Crippen LogP contribution in [0.5, 0.6) is 0 Å². The molecule has 4 rings (SSSR count). The molecule has 326 valence electrons. The standard InChI is InChI=1S/C41H66INO14/c1-11-28-20-51-15-14-26-17-22(3)29(44)13-12-21(2)16-27(19-52-41-38(50-10)37(49-9)34(47)25(6)54-41)39(42)56-31(45)18-30(55-28)23(4)36(26)57-40-35(48)32(43(7)8)33(46)24(5)53-40/h11-13,16,22-28,30,32-41,46-48H,1,14-15,17-20H2,2-10H3/b13-12+,21-16+/t22-,23+,24?,25?,26+,27-,28?,30-,32?,33-,34-,35?,36-,37?,38?,39+,40+,41?/m1/s1. The van der Waals surface area contributed by atoms with Gasteiger partial charge in [-0.15, -0.1) is 6.58 Å². The van der Waals surface area contributed by atoms with Crippen LogP contribution < -0.4 is 0 Å². The van der Waals surface area contributed by atoms with E-state index in [4.69, 9.17) is 42.6 Å². The number of alkyl halides is 1. The third-order valence-electron chi connectivity index (χ3n) is 11.6. The SMILES string of the molecule is C=CC1COCC[C@H]2C[C@@H](C)C(=O)/C=C/C(C)=C/[C@H](COC3OC(C)[C@@H](O)C(OC)C3OC)[C@@H](I)OC(=O)C[C@@H](O1)[C@H](C)[C@H]2O[C@@H]1OC(C)[C@@H](O)C(N(C)C)C1O. The zero-order valence-corrected chi connectivity index (χ0v) is 37.0. The molecule has 0 aromatic carbocycles. The summed E-state index contributed by atoms with van der Waals surface area (Å²) in [6.07, 6.45) is -2.23. The number of allylic oxidation sites excluding steroid dienone is 3. The minimum absolute atomic E-state index is 0.0365. The van der Waals surface area contributed by atoms with Crippen molar-refractivity contribution < 1.29 is 67.5 Å². The van der Waals surface area contributed by atoms with E-state index in [0.29, 0.717) is 19.4 Å². The van der Waals surface area contributed by atoms with Gasteiger partial charge in [-0.3, -0.25) is 9.59 Å². The van der Waals surface area contributed by atoms with Crippen molar-refractivity contribution in [3.63, 3.8) is 0 Å². The normalized spacial score (nSPS) is 44.8. The first-order chi connectivity index (χ1) is 27.0. The summed E-state index contributed by atoms with van der Waals surface area (Å²) in [5.74, 6) is -2.31. The quantitative estimate of drug-likeness (QED) is 0.133. The largest absolute Gasteiger partial charge is 0.451 e. The first kappa shape index (κ1) is 48.3. The lowest BCUT2D eigenvalue weighted by molar-refractivity contribution is -0.306. The van der Waals surface area contributed by atoms with E-state index in [1.54, 1.807) is 51.1 Å². The smallest absolute Gasteiger partial charge is 0.309 e. The second-order valence-electron chi connectivity index (χ2n) is 16.1. The zero-order chi connectivity index (χ0) is 42.1. The molecule has 15 nitrogen and oxygen atoms in total. The molecule has 4 heterocycles. The number of rotatable bonds is 9. The van der Waals surface area contributed by atoms with Crippen LogP contribution in [0.4, 0.5) is 0 Å². The maximum atomic E-state index is 14.0. The Bertz CT molecular complexity index is 1370. The summed E-state index contributed by atoms with van der Waals surface area (Å²) in [5.41, 5.74) is 0.750. The molecular formula is C41H66INO14. The van der Waals surface area contributed by atoms with Crippen molar-refractivity contribution in [1.29, 1.82) is 0 Å². The lowest BCUT2D eigenvalue weighted by Gasteiger charge is -2.47. The molecule has 16 heteroatoms. The fourth-order valence-corrected chi connectivity index (χ4v) is 8.87. The van der Waals surface area contributed by atoms with Crippen molar-refractivity contribution in [2.75, 3.05) is 48.1 Å². The van der Waals surface area contributed by atoms with Gasteiger partial charge >= 0.3 is 5.97 Å². The van der Waals surface area contributed by atoms with Crippen molar-refractivity contribution in [2.24, 2.45) is 23.7 Å². The van der Waals surface area contributed by atoms with Crippen molar-refractivity contribution >= 4 is 34.3 Å². The monoisotopic (exact) mass is 923 g/mol. The Hall–Kier alpha value is -1.39. The predicted molar refractivity (Wildman–Crippen MR) is 217 cm³/mol. The maximum absolute atomic E-state index is 14.0. The molecule has 0 aromatic rings. The molecule has 0 amide bonds. The van der Waals surface area contributed by atoms with E-state index < -0.39 is 107 Å². The number of esters is 1. The van der Waals surface area contributed by atoms with E-state index >= 15 is 0 Å². The number of carbonyl (C=O) groups excluding carboxylic acids is 2. The van der Waals surface area contributed by atoms with Crippen LogP contribution in [0.1, 0.15) is 53.9 Å². The average Bonchev–Trinajstić information content (AvgIpc) is 3.16. The number of hydrogen-bond acceptors (Lipinski definition) is 15. The van der Waals surface area contributed by atoms with Gasteiger partial charge in [0.25, 0.3) is 0 Å². The van der Waals surface area contributed by atoms with E-state index in [2.05, 4.69) is 29.2 Å². The fraction of sp³-hybridized carbons (Fsp3) is 0.805. The summed E-state index contributed by atoms with van der Waals surface area (Å²) in [7, 11) is 6.52. The molecular weight excluding hydrogens is 857 g/mol. The molecule has 3 fully saturated rings. The lowest BCUT2D eigenvalue weighted by atomic mass is 9.79. The molecule has 0 radical (unpaired) electrons. The summed E-state index contributed by atoms with van der Waals surface area (Å²) in [5, 5.41) is 33.1. The summed E-state index contributed by atoms with van der Waals surface area (Å²) >= 11 is 2.06. The van der Waals surface area contributed by atoms with Crippen molar-refractivity contribution in [2.45, 2.75) is 138 Å². The highest BCUT2D eigenvalue weighted by Crippen LogP contribution is 2.37. The Balaban J connectivity index is 1.69. The number of nitrogens with zero attached hydrogens (tertiary/aromatic N) is 1. The molecule has 0 aromatic heterocycles. The van der Waals surface area contributed by atoms with Crippen LogP contribution in [0.25, 0.3) is 0 Å². The van der Waals surface area contributed by atoms with Crippen LogP contribution in [0, 0.1) is 23.7 Å². The van der Waals surface area contributed by atoms with Crippen LogP contribution in [-0.4, -0.2) is 164 Å². The lowest BCUT2D eigenvalue weighted by Crippen LogP contribution is -2.63. The van der Waals surface area contributed by atoms with Crippen molar-refractivity contribution in [1.82, 2.24) is 4.90 Å². The minimum atomic E-state index is -1.21. The van der Waals surface area contributed by atoms with Crippen molar-refractivity contribution in [3.05, 3.63) is 36.5 Å². The van der Waals surface area contributed by atoms with Gasteiger partial charge in [-0.2, -0.15) is 0 Å². The highest BCUT2D eigenvalue weighted by atomic mass is 127. The number of carbonyl (C=O) groups is 2. The fourth-order valence-electron chi connectivity index (χ4n) is 8.17. The van der Waals surface area contributed by atoms with Crippen LogP contribution in [0.15, 0.2) is 36.5 Å². The van der Waals surface area contributed by atoms with Gasteiger partial charge in [0.1, 0.15) is 24.4 Å². The van der Waals surface area contributed by atoms with E-state index in [0.717, 1.165) is 5.57 Å².